The van der Waals surface area contributed by atoms with Gasteiger partial charge in [0.1, 0.15) is 0 Å². The van der Waals surface area contributed by atoms with Crippen LogP contribution in [0.4, 0.5) is 0 Å². The van der Waals surface area contributed by atoms with Crippen LogP contribution in [0.2, 0.25) is 0 Å². The highest BCUT2D eigenvalue weighted by molar-refractivity contribution is 5.81. The van der Waals surface area contributed by atoms with Crippen molar-refractivity contribution in [2.75, 3.05) is 39.8 Å². The molecule has 1 saturated heterocycles. The van der Waals surface area contributed by atoms with E-state index < -0.39 is 5.41 Å². The second-order valence-corrected chi connectivity index (χ2v) is 4.82. The summed E-state index contributed by atoms with van der Waals surface area (Å²) in [6.45, 7) is 7.82. The molecular formula is C10H22N4O. The molecule has 1 fully saturated rings. The lowest BCUT2D eigenvalue weighted by Crippen LogP contribution is -2.56. The van der Waals surface area contributed by atoms with Crippen molar-refractivity contribution in [1.29, 1.82) is 0 Å². The monoisotopic (exact) mass is 214 g/mol. The first-order valence-electron chi connectivity index (χ1n) is 5.40. The summed E-state index contributed by atoms with van der Waals surface area (Å²) >= 11 is 0. The van der Waals surface area contributed by atoms with Crippen LogP contribution < -0.4 is 11.2 Å². The SMILES string of the molecule is CN1CCN(NC(=O)C(C)(C)CN)CC1. The van der Waals surface area contributed by atoms with Gasteiger partial charge in [-0.3, -0.25) is 10.2 Å². The smallest absolute Gasteiger partial charge is 0.241 e. The second kappa shape index (κ2) is 4.92. The molecule has 0 bridgehead atoms. The van der Waals surface area contributed by atoms with E-state index in [1.165, 1.54) is 0 Å². The normalized spacial score (nSPS) is 20.3. The van der Waals surface area contributed by atoms with Crippen LogP contribution in [0.3, 0.4) is 0 Å². The van der Waals surface area contributed by atoms with Gasteiger partial charge in [0.2, 0.25) is 5.91 Å². The van der Waals surface area contributed by atoms with Crippen LogP contribution in [0.25, 0.3) is 0 Å². The predicted molar refractivity (Wildman–Crippen MR) is 60.0 cm³/mol. The van der Waals surface area contributed by atoms with E-state index in [2.05, 4.69) is 17.4 Å². The Morgan fingerprint density at radius 3 is 2.33 bits per heavy atom. The van der Waals surface area contributed by atoms with Crippen LogP contribution in [0.5, 0.6) is 0 Å². The summed E-state index contributed by atoms with van der Waals surface area (Å²) in [5.41, 5.74) is 7.98. The molecule has 5 nitrogen and oxygen atoms in total. The zero-order chi connectivity index (χ0) is 11.5. The van der Waals surface area contributed by atoms with Gasteiger partial charge in [-0.05, 0) is 20.9 Å². The molecule has 5 heteroatoms. The van der Waals surface area contributed by atoms with E-state index in [4.69, 9.17) is 5.73 Å². The fourth-order valence-corrected chi connectivity index (χ4v) is 1.31. The molecule has 0 aromatic carbocycles. The Labute approximate surface area is 91.6 Å². The van der Waals surface area contributed by atoms with Gasteiger partial charge >= 0.3 is 0 Å². The zero-order valence-corrected chi connectivity index (χ0v) is 9.92. The van der Waals surface area contributed by atoms with Crippen molar-refractivity contribution < 1.29 is 4.79 Å². The average molecular weight is 214 g/mol. The van der Waals surface area contributed by atoms with Gasteiger partial charge in [-0.1, -0.05) is 0 Å². The van der Waals surface area contributed by atoms with Crippen molar-refractivity contribution >= 4 is 5.91 Å². The lowest BCUT2D eigenvalue weighted by Gasteiger charge is -2.34. The van der Waals surface area contributed by atoms with Gasteiger partial charge in [0.05, 0.1) is 5.41 Å². The van der Waals surface area contributed by atoms with Crippen molar-refractivity contribution in [3.05, 3.63) is 0 Å². The van der Waals surface area contributed by atoms with Gasteiger partial charge in [0, 0.05) is 32.7 Å². The maximum Gasteiger partial charge on any atom is 0.241 e. The number of hydrogen-bond acceptors (Lipinski definition) is 4. The summed E-state index contributed by atoms with van der Waals surface area (Å²) in [6, 6.07) is 0. The van der Waals surface area contributed by atoms with E-state index in [1.807, 2.05) is 18.9 Å². The number of carbonyl (C=O) groups excluding carboxylic acids is 1. The van der Waals surface area contributed by atoms with Gasteiger partial charge in [0.25, 0.3) is 0 Å². The Morgan fingerprint density at radius 1 is 1.33 bits per heavy atom. The number of nitrogens with two attached hydrogens (primary N) is 1. The molecule has 0 aromatic heterocycles. The van der Waals surface area contributed by atoms with E-state index in [1.54, 1.807) is 0 Å². The number of likely N-dealkylation sites (N-methyl/N-ethyl adjacent to an activating group) is 1. The number of nitrogens with one attached hydrogen (secondary N) is 1. The standard InChI is InChI=1S/C10H22N4O/c1-10(2,8-11)9(15)12-14-6-4-13(3)5-7-14/h4-8,11H2,1-3H3,(H,12,15). The van der Waals surface area contributed by atoms with E-state index in [9.17, 15) is 4.79 Å². The number of hydrazine groups is 1. The van der Waals surface area contributed by atoms with Crippen LogP contribution in [-0.4, -0.2) is 55.6 Å². The van der Waals surface area contributed by atoms with Crippen molar-refractivity contribution in [1.82, 2.24) is 15.3 Å². The summed E-state index contributed by atoms with van der Waals surface area (Å²) in [5, 5.41) is 1.97. The van der Waals surface area contributed by atoms with Crippen LogP contribution in [0, 0.1) is 5.41 Å². The lowest BCUT2D eigenvalue weighted by molar-refractivity contribution is -0.134. The molecule has 0 spiro atoms. The number of hydrogen-bond donors (Lipinski definition) is 2. The fraction of sp³-hybridized carbons (Fsp3) is 0.900. The predicted octanol–water partition coefficient (Wildman–Crippen LogP) is -0.750. The summed E-state index contributed by atoms with van der Waals surface area (Å²) in [7, 11) is 2.09. The molecule has 1 heterocycles. The molecule has 0 saturated carbocycles. The van der Waals surface area contributed by atoms with Crippen molar-refractivity contribution in [2.24, 2.45) is 11.1 Å². The molecule has 3 N–H and O–H groups in total. The summed E-state index contributed by atoms with van der Waals surface area (Å²) in [5.74, 6) is 0.00885. The van der Waals surface area contributed by atoms with Gasteiger partial charge in [0.15, 0.2) is 0 Å². The molecule has 1 rings (SSSR count). The Morgan fingerprint density at radius 2 is 1.87 bits per heavy atom. The summed E-state index contributed by atoms with van der Waals surface area (Å²) < 4.78 is 0. The summed E-state index contributed by atoms with van der Waals surface area (Å²) in [6.07, 6.45) is 0. The molecule has 0 aromatic rings. The minimum atomic E-state index is -0.483. The molecule has 0 radical (unpaired) electrons. The zero-order valence-electron chi connectivity index (χ0n) is 9.92. The first-order chi connectivity index (χ1) is 6.95. The lowest BCUT2D eigenvalue weighted by atomic mass is 9.93. The van der Waals surface area contributed by atoms with E-state index in [0.29, 0.717) is 6.54 Å². The second-order valence-electron chi connectivity index (χ2n) is 4.82. The average Bonchev–Trinajstić information content (AvgIpc) is 2.21. The number of carbonyl (C=O) groups is 1. The Bertz CT molecular complexity index is 221. The quantitative estimate of drug-likeness (QED) is 0.649. The maximum absolute atomic E-state index is 11.8. The first-order valence-corrected chi connectivity index (χ1v) is 5.40. The third-order valence-electron chi connectivity index (χ3n) is 2.89. The highest BCUT2D eigenvalue weighted by atomic mass is 16.2. The minimum absolute atomic E-state index is 0.00885. The van der Waals surface area contributed by atoms with E-state index >= 15 is 0 Å². The highest BCUT2D eigenvalue weighted by Crippen LogP contribution is 2.12. The van der Waals surface area contributed by atoms with Gasteiger partial charge in [-0.2, -0.15) is 0 Å². The van der Waals surface area contributed by atoms with Crippen LogP contribution in [-0.2, 0) is 4.79 Å². The highest BCUT2D eigenvalue weighted by Gasteiger charge is 2.27. The van der Waals surface area contributed by atoms with E-state index in [0.717, 1.165) is 26.2 Å². The number of amides is 1. The molecule has 0 unspecified atom stereocenters. The topological polar surface area (TPSA) is 61.6 Å². The van der Waals surface area contributed by atoms with Gasteiger partial charge in [-0.25, -0.2) is 5.01 Å². The molecule has 1 amide bonds. The van der Waals surface area contributed by atoms with Gasteiger partial charge in [-0.15, -0.1) is 0 Å². The van der Waals surface area contributed by atoms with Crippen LogP contribution in [0.1, 0.15) is 13.8 Å². The molecule has 0 atom stereocenters. The van der Waals surface area contributed by atoms with E-state index in [-0.39, 0.29) is 5.91 Å². The molecule has 0 aliphatic carbocycles. The summed E-state index contributed by atoms with van der Waals surface area (Å²) in [4.78, 5) is 14.0. The third kappa shape index (κ3) is 3.44. The van der Waals surface area contributed by atoms with Crippen molar-refractivity contribution in [3.63, 3.8) is 0 Å². The van der Waals surface area contributed by atoms with Gasteiger partial charge < -0.3 is 10.6 Å². The Hall–Kier alpha value is -0.650. The van der Waals surface area contributed by atoms with Crippen LogP contribution in [0.15, 0.2) is 0 Å². The maximum atomic E-state index is 11.8. The number of nitrogens with zero attached hydrogens (tertiary/aromatic N) is 2. The molecule has 1 aliphatic rings. The van der Waals surface area contributed by atoms with Crippen LogP contribution >= 0.6 is 0 Å². The van der Waals surface area contributed by atoms with Crippen molar-refractivity contribution in [2.45, 2.75) is 13.8 Å². The largest absolute Gasteiger partial charge is 0.329 e. The molecule has 88 valence electrons. The fourth-order valence-electron chi connectivity index (χ4n) is 1.31. The third-order valence-corrected chi connectivity index (χ3v) is 2.89. The number of piperazine rings is 1. The first kappa shape index (κ1) is 12.4. The molecule has 1 aliphatic heterocycles. The molecular weight excluding hydrogens is 192 g/mol. The van der Waals surface area contributed by atoms with Crippen molar-refractivity contribution in [3.8, 4) is 0 Å². The molecule has 15 heavy (non-hydrogen) atoms. The Balaban J connectivity index is 2.39. The Kier molecular flexibility index (Phi) is 4.07. The number of rotatable bonds is 3. The minimum Gasteiger partial charge on any atom is -0.329 e.